The molecule has 8 heteroatoms. The molecule has 3 rings (SSSR count). The average Bonchev–Trinajstić information content (AvgIpc) is 3.06. The number of fused-ring (bicyclic) bond motifs is 1. The summed E-state index contributed by atoms with van der Waals surface area (Å²) in [5.74, 6) is 1.50. The minimum absolute atomic E-state index is 0.0117. The van der Waals surface area contributed by atoms with Crippen LogP contribution in [0, 0.1) is 6.92 Å². The Morgan fingerprint density at radius 1 is 1.35 bits per heavy atom. The fourth-order valence-corrected chi connectivity index (χ4v) is 3.68. The maximum atomic E-state index is 12.1. The third-order valence-electron chi connectivity index (χ3n) is 5.13. The summed E-state index contributed by atoms with van der Waals surface area (Å²) in [6, 6.07) is 0.0117. The molecule has 142 valence electrons. The van der Waals surface area contributed by atoms with E-state index in [4.69, 9.17) is 14.7 Å². The zero-order valence-corrected chi connectivity index (χ0v) is 15.7. The van der Waals surface area contributed by atoms with Crippen molar-refractivity contribution in [2.75, 3.05) is 45.3 Å². The van der Waals surface area contributed by atoms with Gasteiger partial charge in [-0.2, -0.15) is 0 Å². The lowest BCUT2D eigenvalue weighted by atomic mass is 10.0. The van der Waals surface area contributed by atoms with Crippen LogP contribution in [0.25, 0.3) is 0 Å². The van der Waals surface area contributed by atoms with Gasteiger partial charge in [-0.15, -0.1) is 0 Å². The predicted octanol–water partition coefficient (Wildman–Crippen LogP) is 0.594. The molecule has 8 nitrogen and oxygen atoms in total. The maximum absolute atomic E-state index is 12.1. The number of nitrogens with one attached hydrogen (secondary N) is 1. The number of aromatic nitrogens is 2. The maximum Gasteiger partial charge on any atom is 0.234 e. The molecule has 3 heterocycles. The van der Waals surface area contributed by atoms with Gasteiger partial charge in [0.1, 0.15) is 11.6 Å². The van der Waals surface area contributed by atoms with Crippen molar-refractivity contribution in [2.45, 2.75) is 38.6 Å². The molecule has 2 aliphatic heterocycles. The van der Waals surface area contributed by atoms with Crippen molar-refractivity contribution in [1.29, 1.82) is 0 Å². The van der Waals surface area contributed by atoms with Crippen molar-refractivity contribution >= 4 is 17.6 Å². The number of nitrogens with zero attached hydrogens (tertiary/aromatic N) is 4. The molecule has 2 amide bonds. The summed E-state index contributed by atoms with van der Waals surface area (Å²) in [6.07, 6.45) is 3.12. The van der Waals surface area contributed by atoms with Crippen LogP contribution in [0.1, 0.15) is 42.4 Å². The standard InChI is InChI=1S/C18H27N5O3/c1-12-13-6-7-16(25)22(2)18(13)21-17(20-12)14-5-4-9-23(14)11-15(24)19-8-10-26-3/h14H,4-11H2,1-3H3,(H,19,24). The lowest BCUT2D eigenvalue weighted by Crippen LogP contribution is -2.39. The summed E-state index contributed by atoms with van der Waals surface area (Å²) in [7, 11) is 3.38. The van der Waals surface area contributed by atoms with Crippen molar-refractivity contribution in [3.05, 3.63) is 17.1 Å². The van der Waals surface area contributed by atoms with Crippen LogP contribution >= 0.6 is 0 Å². The van der Waals surface area contributed by atoms with Crippen molar-refractivity contribution in [3.8, 4) is 0 Å². The van der Waals surface area contributed by atoms with E-state index in [1.807, 2.05) is 6.92 Å². The number of anilines is 1. The topological polar surface area (TPSA) is 87.7 Å². The molecular weight excluding hydrogens is 334 g/mol. The van der Waals surface area contributed by atoms with Gasteiger partial charge in [-0.25, -0.2) is 9.97 Å². The molecule has 1 aromatic heterocycles. The number of rotatable bonds is 6. The number of carbonyl (C=O) groups is 2. The summed E-state index contributed by atoms with van der Waals surface area (Å²) in [4.78, 5) is 37.4. The van der Waals surface area contributed by atoms with Crippen molar-refractivity contribution in [3.63, 3.8) is 0 Å². The highest BCUT2D eigenvalue weighted by molar-refractivity contribution is 5.94. The highest BCUT2D eigenvalue weighted by Crippen LogP contribution is 2.33. The normalized spacial score (nSPS) is 20.3. The highest BCUT2D eigenvalue weighted by Gasteiger charge is 2.32. The molecule has 1 atom stereocenters. The van der Waals surface area contributed by atoms with Gasteiger partial charge in [0.05, 0.1) is 19.2 Å². The van der Waals surface area contributed by atoms with Gasteiger partial charge in [0.25, 0.3) is 0 Å². The van der Waals surface area contributed by atoms with E-state index in [-0.39, 0.29) is 17.9 Å². The van der Waals surface area contributed by atoms with Gasteiger partial charge in [0, 0.05) is 38.4 Å². The average molecular weight is 361 g/mol. The number of hydrogen-bond donors (Lipinski definition) is 1. The Morgan fingerprint density at radius 3 is 2.92 bits per heavy atom. The first kappa shape index (κ1) is 18.7. The molecule has 1 aromatic rings. The lowest BCUT2D eigenvalue weighted by Gasteiger charge is -2.28. The monoisotopic (exact) mass is 361 g/mol. The molecule has 1 fully saturated rings. The molecule has 1 saturated heterocycles. The van der Waals surface area contributed by atoms with Crippen LogP contribution in [-0.2, 0) is 20.7 Å². The summed E-state index contributed by atoms with van der Waals surface area (Å²) in [6.45, 7) is 4.15. The number of aryl methyl sites for hydroxylation is 1. The van der Waals surface area contributed by atoms with E-state index in [0.29, 0.717) is 38.4 Å². The van der Waals surface area contributed by atoms with E-state index in [1.165, 1.54) is 0 Å². The molecule has 0 aromatic carbocycles. The van der Waals surface area contributed by atoms with Gasteiger partial charge in [-0.1, -0.05) is 0 Å². The van der Waals surface area contributed by atoms with E-state index >= 15 is 0 Å². The Bertz CT molecular complexity index is 694. The van der Waals surface area contributed by atoms with E-state index in [1.54, 1.807) is 19.1 Å². The molecule has 1 unspecified atom stereocenters. The Kier molecular flexibility index (Phi) is 5.83. The first-order chi connectivity index (χ1) is 12.5. The van der Waals surface area contributed by atoms with Crippen LogP contribution in [0.5, 0.6) is 0 Å². The largest absolute Gasteiger partial charge is 0.383 e. The summed E-state index contributed by atoms with van der Waals surface area (Å²) < 4.78 is 4.96. The second-order valence-corrected chi connectivity index (χ2v) is 6.89. The second-order valence-electron chi connectivity index (χ2n) is 6.89. The van der Waals surface area contributed by atoms with E-state index in [0.717, 1.165) is 36.5 Å². The smallest absolute Gasteiger partial charge is 0.234 e. The minimum Gasteiger partial charge on any atom is -0.383 e. The van der Waals surface area contributed by atoms with Crippen LogP contribution < -0.4 is 10.2 Å². The third-order valence-corrected chi connectivity index (χ3v) is 5.13. The van der Waals surface area contributed by atoms with Crippen LogP contribution in [0.3, 0.4) is 0 Å². The molecule has 0 aliphatic carbocycles. The van der Waals surface area contributed by atoms with Gasteiger partial charge in [0.2, 0.25) is 11.8 Å². The van der Waals surface area contributed by atoms with Gasteiger partial charge in [-0.3, -0.25) is 19.4 Å². The Morgan fingerprint density at radius 2 is 2.15 bits per heavy atom. The first-order valence-corrected chi connectivity index (χ1v) is 9.15. The number of likely N-dealkylation sites (tertiary alicyclic amines) is 1. The van der Waals surface area contributed by atoms with Crippen LogP contribution in [0.2, 0.25) is 0 Å². The van der Waals surface area contributed by atoms with Crippen molar-refractivity contribution < 1.29 is 14.3 Å². The van der Waals surface area contributed by atoms with Gasteiger partial charge >= 0.3 is 0 Å². The lowest BCUT2D eigenvalue weighted by molar-refractivity contribution is -0.122. The molecule has 0 radical (unpaired) electrons. The zero-order valence-electron chi connectivity index (χ0n) is 15.7. The molecule has 1 N–H and O–H groups in total. The van der Waals surface area contributed by atoms with E-state index in [2.05, 4.69) is 10.2 Å². The molecule has 2 aliphatic rings. The number of amides is 2. The van der Waals surface area contributed by atoms with Crippen LogP contribution in [-0.4, -0.2) is 67.1 Å². The number of carbonyl (C=O) groups excluding carboxylic acids is 2. The van der Waals surface area contributed by atoms with Gasteiger partial charge in [0.15, 0.2) is 0 Å². The Hall–Kier alpha value is -2.06. The molecule has 26 heavy (non-hydrogen) atoms. The quantitative estimate of drug-likeness (QED) is 0.747. The summed E-state index contributed by atoms with van der Waals surface area (Å²) in [5, 5.41) is 2.86. The predicted molar refractivity (Wildman–Crippen MR) is 96.9 cm³/mol. The number of hydrogen-bond acceptors (Lipinski definition) is 6. The highest BCUT2D eigenvalue weighted by atomic mass is 16.5. The number of ether oxygens (including phenoxy) is 1. The Balaban J connectivity index is 1.76. The van der Waals surface area contributed by atoms with Crippen LogP contribution in [0.15, 0.2) is 0 Å². The van der Waals surface area contributed by atoms with Crippen molar-refractivity contribution in [2.24, 2.45) is 0 Å². The van der Waals surface area contributed by atoms with Gasteiger partial charge < -0.3 is 10.1 Å². The Labute approximate surface area is 153 Å². The molecule has 0 bridgehead atoms. The van der Waals surface area contributed by atoms with Crippen molar-refractivity contribution in [1.82, 2.24) is 20.2 Å². The molecule has 0 saturated carbocycles. The second kappa shape index (κ2) is 8.09. The zero-order chi connectivity index (χ0) is 18.7. The summed E-state index contributed by atoms with van der Waals surface area (Å²) in [5.41, 5.74) is 1.98. The fraction of sp³-hybridized carbons (Fsp3) is 0.667. The number of methoxy groups -OCH3 is 1. The molecular formula is C18H27N5O3. The van der Waals surface area contributed by atoms with E-state index < -0.39 is 0 Å². The van der Waals surface area contributed by atoms with Crippen LogP contribution in [0.4, 0.5) is 5.82 Å². The minimum atomic E-state index is -0.0177. The van der Waals surface area contributed by atoms with Gasteiger partial charge in [-0.05, 0) is 32.7 Å². The van der Waals surface area contributed by atoms with E-state index in [9.17, 15) is 9.59 Å². The summed E-state index contributed by atoms with van der Waals surface area (Å²) >= 11 is 0. The fourth-order valence-electron chi connectivity index (χ4n) is 3.68. The first-order valence-electron chi connectivity index (χ1n) is 9.15. The molecule has 0 spiro atoms. The third kappa shape index (κ3) is 3.86. The SMILES string of the molecule is COCCNC(=O)CN1CCCC1c1nc(C)c2c(n1)N(C)C(=O)CC2.